The third-order valence-electron chi connectivity index (χ3n) is 11.1. The minimum Gasteiger partial charge on any atom is -0.462 e. The van der Waals surface area contributed by atoms with E-state index in [0.717, 1.165) is 12.3 Å². The molecular formula is C44H47Cl2NO13. The first-order valence-corrected chi connectivity index (χ1v) is 19.9. The van der Waals surface area contributed by atoms with Gasteiger partial charge >= 0.3 is 17.7 Å². The van der Waals surface area contributed by atoms with Gasteiger partial charge in [-0.3, -0.25) is 24.0 Å². The second kappa shape index (κ2) is 18.2. The average Bonchev–Trinajstić information content (AvgIpc) is 3.45. The number of ether oxygens (including phenoxy) is 5. The van der Waals surface area contributed by atoms with Gasteiger partial charge in [0, 0.05) is 66.9 Å². The zero-order valence-electron chi connectivity index (χ0n) is 34.5. The number of allylic oxidation sites excluding steroid dienone is 4. The van der Waals surface area contributed by atoms with Crippen molar-refractivity contribution in [2.24, 2.45) is 23.7 Å². The number of carbonyl (C=O) groups excluding carboxylic acids is 6. The molecule has 5 bridgehead atoms. The van der Waals surface area contributed by atoms with Gasteiger partial charge < -0.3 is 39.2 Å². The number of rotatable bonds is 4. The molecule has 3 heterocycles. The molecule has 4 aliphatic rings. The van der Waals surface area contributed by atoms with Crippen LogP contribution in [0.1, 0.15) is 95.5 Å². The lowest BCUT2D eigenvalue weighted by Gasteiger charge is -2.38. The maximum Gasteiger partial charge on any atom is 0.345 e. The van der Waals surface area contributed by atoms with Crippen LogP contribution < -0.4 is 14.8 Å². The summed E-state index contributed by atoms with van der Waals surface area (Å²) in [5.41, 5.74) is -1.79. The van der Waals surface area contributed by atoms with Gasteiger partial charge in [-0.25, -0.2) is 4.79 Å². The van der Waals surface area contributed by atoms with Crippen LogP contribution in [0.4, 0.5) is 0 Å². The molecule has 9 unspecified atom stereocenters. The molecule has 0 fully saturated rings. The Kier molecular flexibility index (Phi) is 14.0. The molecule has 320 valence electrons. The first kappa shape index (κ1) is 46.0. The minimum atomic E-state index is -2.15. The Hall–Kier alpha value is -5.12. The van der Waals surface area contributed by atoms with Crippen LogP contribution in [0.25, 0.3) is 0 Å². The van der Waals surface area contributed by atoms with Crippen molar-refractivity contribution in [3.63, 3.8) is 0 Å². The monoisotopic (exact) mass is 867 g/mol. The number of esters is 2. The van der Waals surface area contributed by atoms with Crippen molar-refractivity contribution in [1.82, 2.24) is 5.32 Å². The Bertz CT molecular complexity index is 2260. The second-order valence-corrected chi connectivity index (χ2v) is 16.2. The van der Waals surface area contributed by atoms with E-state index >= 15 is 0 Å². The van der Waals surface area contributed by atoms with Gasteiger partial charge in [0.1, 0.15) is 17.6 Å². The molecule has 0 saturated heterocycles. The van der Waals surface area contributed by atoms with E-state index in [1.165, 1.54) is 71.2 Å². The van der Waals surface area contributed by atoms with E-state index in [1.807, 2.05) is 0 Å². The summed E-state index contributed by atoms with van der Waals surface area (Å²) in [5.74, 6) is -10.5. The van der Waals surface area contributed by atoms with Crippen LogP contribution in [0.2, 0.25) is 10.0 Å². The summed E-state index contributed by atoms with van der Waals surface area (Å²) in [5, 5.41) is 25.4. The van der Waals surface area contributed by atoms with E-state index in [4.69, 9.17) is 46.9 Å². The van der Waals surface area contributed by atoms with E-state index in [1.54, 1.807) is 33.8 Å². The Morgan fingerprint density at radius 1 is 0.917 bits per heavy atom. The zero-order chi connectivity index (χ0) is 44.5. The predicted molar refractivity (Wildman–Crippen MR) is 219 cm³/mol. The molecule has 0 spiro atoms. The van der Waals surface area contributed by atoms with E-state index in [0.29, 0.717) is 0 Å². The quantitative estimate of drug-likeness (QED) is 0.224. The van der Waals surface area contributed by atoms with Crippen LogP contribution in [0.15, 0.2) is 66.1 Å². The number of benzene rings is 2. The summed E-state index contributed by atoms with van der Waals surface area (Å²) < 4.78 is 29.3. The van der Waals surface area contributed by atoms with Crippen molar-refractivity contribution < 1.29 is 62.7 Å². The van der Waals surface area contributed by atoms with E-state index in [-0.39, 0.29) is 38.1 Å². The van der Waals surface area contributed by atoms with Gasteiger partial charge in [0.25, 0.3) is 11.7 Å². The van der Waals surface area contributed by atoms with Gasteiger partial charge in [0.2, 0.25) is 5.78 Å². The van der Waals surface area contributed by atoms with Gasteiger partial charge in [-0.05, 0) is 38.1 Å². The van der Waals surface area contributed by atoms with Crippen LogP contribution >= 0.6 is 23.2 Å². The van der Waals surface area contributed by atoms with E-state index < -0.39 is 112 Å². The lowest BCUT2D eigenvalue weighted by molar-refractivity contribution is -0.160. The molecule has 0 aromatic heterocycles. The van der Waals surface area contributed by atoms with Gasteiger partial charge in [0.15, 0.2) is 5.78 Å². The van der Waals surface area contributed by atoms with Crippen LogP contribution in [0.3, 0.4) is 0 Å². The lowest BCUT2D eigenvalue weighted by atomic mass is 9.78. The SMILES string of the molecule is COC1C=COC2(C)Oc3c(C)c(OC(=O)c4ccc(Cl)cc4Cl)c4c(c3C2=O)C(=O)C=C(NC(=O)C(C)=CC=CC(C)C(O)C(C)C(O)C(C)C(OC(C)=O)C1C)C4=O. The lowest BCUT2D eigenvalue weighted by Crippen LogP contribution is -2.46. The number of methoxy groups -OCH3 is 1. The molecule has 2 aromatic rings. The van der Waals surface area contributed by atoms with E-state index in [2.05, 4.69) is 5.32 Å². The van der Waals surface area contributed by atoms with Gasteiger partial charge in [0.05, 0.1) is 57.5 Å². The molecule has 2 aromatic carbocycles. The van der Waals surface area contributed by atoms with Gasteiger partial charge in [-0.2, -0.15) is 0 Å². The first-order valence-electron chi connectivity index (χ1n) is 19.1. The zero-order valence-corrected chi connectivity index (χ0v) is 36.0. The molecule has 3 N–H and O–H groups in total. The first-order chi connectivity index (χ1) is 28.1. The highest BCUT2D eigenvalue weighted by Crippen LogP contribution is 2.48. The number of aliphatic hydroxyl groups is 2. The fraction of sp³-hybridized carbons (Fsp3) is 0.409. The van der Waals surface area contributed by atoms with Crippen molar-refractivity contribution >= 4 is 58.4 Å². The minimum absolute atomic E-state index is 0.0296. The second-order valence-electron chi connectivity index (χ2n) is 15.4. The molecule has 1 amide bonds. The molecule has 16 heteroatoms. The molecule has 3 aliphatic heterocycles. The van der Waals surface area contributed by atoms with E-state index in [9.17, 15) is 39.0 Å². The van der Waals surface area contributed by atoms with Gasteiger partial charge in [-0.1, -0.05) is 69.1 Å². The number of hydrogen-bond acceptors (Lipinski definition) is 13. The fourth-order valence-corrected chi connectivity index (χ4v) is 8.02. The summed E-state index contributed by atoms with van der Waals surface area (Å²) in [6.07, 6.45) is 4.00. The van der Waals surface area contributed by atoms with Crippen molar-refractivity contribution in [2.75, 3.05) is 7.11 Å². The summed E-state index contributed by atoms with van der Waals surface area (Å²) in [6, 6.07) is 4.01. The maximum atomic E-state index is 14.4. The van der Waals surface area contributed by atoms with Crippen LogP contribution in [-0.4, -0.2) is 82.7 Å². The smallest absolute Gasteiger partial charge is 0.345 e. The summed E-state index contributed by atoms with van der Waals surface area (Å²) in [4.78, 5) is 82.2. The molecule has 6 rings (SSSR count). The van der Waals surface area contributed by atoms with Crippen molar-refractivity contribution in [3.8, 4) is 11.5 Å². The van der Waals surface area contributed by atoms with Crippen LogP contribution in [0.5, 0.6) is 11.5 Å². The average molecular weight is 869 g/mol. The number of nitrogens with one attached hydrogen (secondary N) is 1. The highest BCUT2D eigenvalue weighted by atomic mass is 35.5. The number of fused-ring (bicyclic) bond motifs is 14. The number of hydrogen-bond donors (Lipinski definition) is 3. The molecule has 14 nitrogen and oxygen atoms in total. The Labute approximate surface area is 357 Å². The van der Waals surface area contributed by atoms with Crippen LogP contribution in [0, 0.1) is 30.6 Å². The Morgan fingerprint density at radius 3 is 2.23 bits per heavy atom. The standard InChI is InChI=1S/C44H47Cl2NO13/c1-19-11-10-12-20(2)42(54)47-29-18-30(49)32-33(37(29)52)39(59-43(55)27-14-13-26(45)17-28(27)46)24(6)40-34(32)41(53)44(8,60-40)57-16-15-31(56-9)21(3)38(58-25(7)48)23(5)36(51)22(4)35(19)50/h10-19,21-23,31,35-36,38,50-51H,1-9H3,(H,47,54). The van der Waals surface area contributed by atoms with Crippen molar-refractivity contribution in [2.45, 2.75) is 85.6 Å². The number of halogens is 2. The number of amides is 1. The molecular weight excluding hydrogens is 821 g/mol. The third kappa shape index (κ3) is 8.98. The normalized spacial score (nSPS) is 28.6. The number of ketones is 3. The summed E-state index contributed by atoms with van der Waals surface area (Å²) in [7, 11) is 1.40. The summed E-state index contributed by atoms with van der Waals surface area (Å²) >= 11 is 12.3. The Morgan fingerprint density at radius 2 is 1.60 bits per heavy atom. The maximum absolute atomic E-state index is 14.4. The predicted octanol–water partition coefficient (Wildman–Crippen LogP) is 6.45. The van der Waals surface area contributed by atoms with Gasteiger partial charge in [-0.15, -0.1) is 0 Å². The topological polar surface area (TPSA) is 201 Å². The molecule has 9 atom stereocenters. The molecule has 0 saturated carbocycles. The molecule has 60 heavy (non-hydrogen) atoms. The number of aliphatic hydroxyl groups excluding tert-OH is 2. The third-order valence-corrected chi connectivity index (χ3v) is 11.7. The van der Waals surface area contributed by atoms with Crippen molar-refractivity contribution in [1.29, 1.82) is 0 Å². The van der Waals surface area contributed by atoms with Crippen molar-refractivity contribution in [3.05, 3.63) is 104 Å². The molecule has 1 aliphatic carbocycles. The largest absolute Gasteiger partial charge is 0.462 e. The highest BCUT2D eigenvalue weighted by Gasteiger charge is 2.52. The fourth-order valence-electron chi connectivity index (χ4n) is 7.54. The Balaban J connectivity index is 1.67. The summed E-state index contributed by atoms with van der Waals surface area (Å²) in [6.45, 7) is 12.2. The number of carbonyl (C=O) groups is 6. The molecule has 0 radical (unpaired) electrons. The number of Topliss-reactive ketones (excluding diaryl/α,β-unsaturated/α-hetero) is 2. The highest BCUT2D eigenvalue weighted by molar-refractivity contribution is 6.36. The van der Waals surface area contributed by atoms with Crippen LogP contribution in [-0.2, 0) is 23.8 Å².